The Bertz CT molecular complexity index is 1930. The molecule has 0 unspecified atom stereocenters. The Kier molecular flexibility index (Phi) is 4.47. The Morgan fingerprint density at radius 3 is 1.95 bits per heavy atom. The van der Waals surface area contributed by atoms with Crippen LogP contribution in [0.4, 0.5) is 0 Å². The van der Waals surface area contributed by atoms with Crippen LogP contribution in [0.1, 0.15) is 22.3 Å². The summed E-state index contributed by atoms with van der Waals surface area (Å²) in [5.74, 6) is 0. The normalized spacial score (nSPS) is 13.5. The first-order valence-electron chi connectivity index (χ1n) is 13.1. The molecule has 0 N–H and O–H groups in total. The molecule has 178 valence electrons. The van der Waals surface area contributed by atoms with Crippen molar-refractivity contribution in [3.8, 4) is 22.4 Å². The molecule has 2 heteroatoms. The minimum Gasteiger partial charge on any atom is -0.232 e. The van der Waals surface area contributed by atoms with Crippen molar-refractivity contribution < 1.29 is 0 Å². The van der Waals surface area contributed by atoms with Gasteiger partial charge in [0.05, 0.1) is 22.1 Å². The van der Waals surface area contributed by atoms with E-state index in [-0.39, 0.29) is 0 Å². The van der Waals surface area contributed by atoms with Gasteiger partial charge in [-0.3, -0.25) is 0 Å². The van der Waals surface area contributed by atoms with E-state index in [0.29, 0.717) is 0 Å². The highest BCUT2D eigenvalue weighted by Gasteiger charge is 2.46. The maximum absolute atomic E-state index is 5.10. The molecule has 2 nitrogen and oxygen atoms in total. The minimum atomic E-state index is -0.406. The number of aromatic nitrogens is 2. The Morgan fingerprint density at radius 1 is 0.500 bits per heavy atom. The van der Waals surface area contributed by atoms with Crippen molar-refractivity contribution in [1.29, 1.82) is 0 Å². The van der Waals surface area contributed by atoms with Gasteiger partial charge in [-0.05, 0) is 57.6 Å². The monoisotopic (exact) mass is 484 g/mol. The smallest absolute Gasteiger partial charge is 0.0934 e. The quantitative estimate of drug-likeness (QED) is 0.246. The molecule has 2 aromatic heterocycles. The summed E-state index contributed by atoms with van der Waals surface area (Å²) in [4.78, 5) is 0. The highest BCUT2D eigenvalue weighted by atomic mass is 15.2. The molecular weight excluding hydrogens is 460 g/mol. The Morgan fingerprint density at radius 2 is 1.16 bits per heavy atom. The van der Waals surface area contributed by atoms with Gasteiger partial charge in [-0.25, -0.2) is 4.52 Å². The predicted molar refractivity (Wildman–Crippen MR) is 155 cm³/mol. The molecule has 0 radical (unpaired) electrons. The third-order valence-corrected chi connectivity index (χ3v) is 8.09. The second-order valence-corrected chi connectivity index (χ2v) is 10.0. The van der Waals surface area contributed by atoms with E-state index in [1.54, 1.807) is 0 Å². The number of fused-ring (bicyclic) bond motifs is 6. The van der Waals surface area contributed by atoms with Gasteiger partial charge in [-0.2, -0.15) is 5.10 Å². The fourth-order valence-corrected chi connectivity index (χ4v) is 6.45. The number of para-hydroxylation sites is 1. The molecule has 0 fully saturated rings. The third kappa shape index (κ3) is 2.86. The van der Waals surface area contributed by atoms with Crippen LogP contribution in [0, 0.1) is 0 Å². The van der Waals surface area contributed by atoms with Crippen molar-refractivity contribution in [3.05, 3.63) is 168 Å². The van der Waals surface area contributed by atoms with Crippen LogP contribution >= 0.6 is 0 Å². The minimum absolute atomic E-state index is 0.406. The van der Waals surface area contributed by atoms with E-state index in [2.05, 4.69) is 150 Å². The summed E-state index contributed by atoms with van der Waals surface area (Å²) in [5.41, 5.74) is 11.7. The molecule has 1 aliphatic carbocycles. The molecule has 1 aliphatic rings. The highest BCUT2D eigenvalue weighted by molar-refractivity contribution is 5.89. The topological polar surface area (TPSA) is 17.3 Å². The van der Waals surface area contributed by atoms with E-state index in [1.165, 1.54) is 38.8 Å². The van der Waals surface area contributed by atoms with Crippen molar-refractivity contribution in [2.45, 2.75) is 5.41 Å². The maximum atomic E-state index is 5.10. The van der Waals surface area contributed by atoms with Crippen LogP contribution < -0.4 is 0 Å². The first kappa shape index (κ1) is 21.2. The van der Waals surface area contributed by atoms with Gasteiger partial charge in [0.15, 0.2) is 0 Å². The molecule has 38 heavy (non-hydrogen) atoms. The lowest BCUT2D eigenvalue weighted by Crippen LogP contribution is -2.28. The van der Waals surface area contributed by atoms with E-state index < -0.39 is 5.41 Å². The van der Waals surface area contributed by atoms with Crippen LogP contribution in [0.15, 0.2) is 146 Å². The van der Waals surface area contributed by atoms with Gasteiger partial charge >= 0.3 is 0 Å². The zero-order chi connectivity index (χ0) is 25.1. The summed E-state index contributed by atoms with van der Waals surface area (Å²) in [6.07, 6.45) is 0. The standard InChI is InChI=1S/C36H24N2/c1-3-12-27(13-4-1)36(28-14-5-2-6-15-28)32-17-9-8-16-30(32)31-22-20-26(23-33(31)36)34-24-29-21-19-25-11-7-10-18-35(25)38(29)37-34/h1-24H. The summed E-state index contributed by atoms with van der Waals surface area (Å²) in [6, 6.07) is 52.6. The average Bonchev–Trinajstić information content (AvgIpc) is 3.56. The van der Waals surface area contributed by atoms with Crippen LogP contribution in [0.2, 0.25) is 0 Å². The Hall–Kier alpha value is -4.95. The first-order chi connectivity index (χ1) is 18.8. The molecule has 2 heterocycles. The number of hydrogen-bond donors (Lipinski definition) is 0. The number of nitrogens with zero attached hydrogens (tertiary/aromatic N) is 2. The Labute approximate surface area is 221 Å². The van der Waals surface area contributed by atoms with E-state index >= 15 is 0 Å². The first-order valence-corrected chi connectivity index (χ1v) is 13.1. The van der Waals surface area contributed by atoms with Crippen molar-refractivity contribution in [2.75, 3.05) is 0 Å². The van der Waals surface area contributed by atoms with Gasteiger partial charge in [-0.1, -0.05) is 121 Å². The SMILES string of the molecule is c1ccc(C2(c3ccccc3)c3ccccc3-c3ccc(-c4cc5ccc6ccccc6n5n4)cc32)cc1. The van der Waals surface area contributed by atoms with Gasteiger partial charge in [0.1, 0.15) is 0 Å². The summed E-state index contributed by atoms with van der Waals surface area (Å²) in [6.45, 7) is 0. The summed E-state index contributed by atoms with van der Waals surface area (Å²) >= 11 is 0. The average molecular weight is 485 g/mol. The van der Waals surface area contributed by atoms with Gasteiger partial charge in [0, 0.05) is 10.9 Å². The van der Waals surface area contributed by atoms with E-state index in [1.807, 2.05) is 0 Å². The fraction of sp³-hybridized carbons (Fsp3) is 0.0278. The number of benzene rings is 5. The predicted octanol–water partition coefficient (Wildman–Crippen LogP) is 8.52. The molecular formula is C36H24N2. The molecule has 0 saturated carbocycles. The second kappa shape index (κ2) is 8.03. The lowest BCUT2D eigenvalue weighted by Gasteiger charge is -2.34. The zero-order valence-electron chi connectivity index (χ0n) is 20.8. The van der Waals surface area contributed by atoms with Crippen LogP contribution in [-0.2, 0) is 5.41 Å². The summed E-state index contributed by atoms with van der Waals surface area (Å²) < 4.78 is 2.06. The van der Waals surface area contributed by atoms with Crippen LogP contribution in [0.25, 0.3) is 38.8 Å². The largest absolute Gasteiger partial charge is 0.232 e. The molecule has 0 atom stereocenters. The van der Waals surface area contributed by atoms with E-state index in [0.717, 1.165) is 22.3 Å². The van der Waals surface area contributed by atoms with Crippen molar-refractivity contribution in [3.63, 3.8) is 0 Å². The second-order valence-electron chi connectivity index (χ2n) is 10.0. The zero-order valence-corrected chi connectivity index (χ0v) is 20.8. The lowest BCUT2D eigenvalue weighted by atomic mass is 9.67. The van der Waals surface area contributed by atoms with Crippen LogP contribution in [0.5, 0.6) is 0 Å². The Balaban J connectivity index is 1.43. The van der Waals surface area contributed by atoms with Crippen molar-refractivity contribution >= 4 is 16.4 Å². The highest BCUT2D eigenvalue weighted by Crippen LogP contribution is 2.56. The number of rotatable bonds is 3. The summed E-state index contributed by atoms with van der Waals surface area (Å²) in [7, 11) is 0. The molecule has 5 aromatic carbocycles. The summed E-state index contributed by atoms with van der Waals surface area (Å²) in [5, 5.41) is 6.28. The van der Waals surface area contributed by atoms with Gasteiger partial charge in [0.25, 0.3) is 0 Å². The van der Waals surface area contributed by atoms with Crippen LogP contribution in [0.3, 0.4) is 0 Å². The molecule has 0 amide bonds. The number of hydrogen-bond acceptors (Lipinski definition) is 1. The molecule has 8 rings (SSSR count). The molecule has 7 aromatic rings. The fourth-order valence-electron chi connectivity index (χ4n) is 6.45. The van der Waals surface area contributed by atoms with E-state index in [9.17, 15) is 0 Å². The molecule has 0 aliphatic heterocycles. The van der Waals surface area contributed by atoms with Gasteiger partial charge < -0.3 is 0 Å². The van der Waals surface area contributed by atoms with Gasteiger partial charge in [0.2, 0.25) is 0 Å². The molecule has 0 spiro atoms. The molecule has 0 saturated heterocycles. The third-order valence-electron chi connectivity index (χ3n) is 8.09. The maximum Gasteiger partial charge on any atom is 0.0934 e. The van der Waals surface area contributed by atoms with Crippen LogP contribution in [-0.4, -0.2) is 9.61 Å². The van der Waals surface area contributed by atoms with E-state index in [4.69, 9.17) is 5.10 Å². The van der Waals surface area contributed by atoms with Gasteiger partial charge in [-0.15, -0.1) is 0 Å². The van der Waals surface area contributed by atoms with Crippen molar-refractivity contribution in [2.24, 2.45) is 0 Å². The molecule has 0 bridgehead atoms. The number of pyridine rings is 1. The van der Waals surface area contributed by atoms with Crippen molar-refractivity contribution in [1.82, 2.24) is 9.61 Å². The lowest BCUT2D eigenvalue weighted by molar-refractivity contribution is 0.768.